The van der Waals surface area contributed by atoms with E-state index in [1.807, 2.05) is 0 Å². The van der Waals surface area contributed by atoms with Crippen molar-refractivity contribution in [3.05, 3.63) is 10.5 Å². The van der Waals surface area contributed by atoms with Crippen LogP contribution in [0.1, 0.15) is 0 Å². The quantitative estimate of drug-likeness (QED) is 0.579. The van der Waals surface area contributed by atoms with Crippen LogP contribution in [-0.4, -0.2) is 63.2 Å². The monoisotopic (exact) mass is 289 g/mol. The Morgan fingerprint density at radius 1 is 1.53 bits per heavy atom. The predicted molar refractivity (Wildman–Crippen MR) is 68.3 cm³/mol. The lowest BCUT2D eigenvalue weighted by Gasteiger charge is -2.12. The van der Waals surface area contributed by atoms with Gasteiger partial charge in [-0.3, -0.25) is 9.36 Å². The lowest BCUT2D eigenvalue weighted by Crippen LogP contribution is -2.37. The van der Waals surface area contributed by atoms with Gasteiger partial charge < -0.3 is 15.3 Å². The highest BCUT2D eigenvalue weighted by Gasteiger charge is 2.11. The van der Waals surface area contributed by atoms with Crippen LogP contribution in [0.15, 0.2) is 9.95 Å². The Bertz CT molecular complexity index is 509. The first-order valence-corrected chi connectivity index (χ1v) is 6.35. The van der Waals surface area contributed by atoms with E-state index >= 15 is 0 Å². The second-order valence-corrected chi connectivity index (χ2v) is 4.71. The van der Waals surface area contributed by atoms with Gasteiger partial charge in [-0.25, -0.2) is 14.7 Å². The van der Waals surface area contributed by atoms with E-state index in [0.29, 0.717) is 0 Å². The summed E-state index contributed by atoms with van der Waals surface area (Å²) in [5.74, 6) is -1.18. The molecule has 3 N–H and O–H groups in total. The fourth-order valence-corrected chi connectivity index (χ4v) is 1.86. The maximum atomic E-state index is 11.5. The molecule has 0 saturated heterocycles. The van der Waals surface area contributed by atoms with E-state index in [1.165, 1.54) is 9.47 Å². The molecule has 0 aliphatic carbocycles. The van der Waals surface area contributed by atoms with Crippen molar-refractivity contribution in [3.63, 3.8) is 0 Å². The second kappa shape index (κ2) is 6.83. The minimum Gasteiger partial charge on any atom is -0.481 e. The van der Waals surface area contributed by atoms with E-state index < -0.39 is 11.7 Å². The second-order valence-electron chi connectivity index (χ2n) is 3.77. The van der Waals surface area contributed by atoms with Gasteiger partial charge in [0.05, 0.1) is 5.75 Å². The summed E-state index contributed by atoms with van der Waals surface area (Å²) in [5.41, 5.74) is -0.438. The van der Waals surface area contributed by atoms with Gasteiger partial charge in [-0.15, -0.1) is 5.10 Å². The zero-order chi connectivity index (χ0) is 14.4. The third-order valence-corrected chi connectivity index (χ3v) is 3.03. The molecule has 1 aromatic rings. The minimum absolute atomic E-state index is 0.186. The number of urea groups is 1. The average Bonchev–Trinajstić information content (AvgIpc) is 2.68. The van der Waals surface area contributed by atoms with Crippen molar-refractivity contribution < 1.29 is 14.7 Å². The SMILES string of the molecule is CN(C)C(=O)NCCn1c(SCC(=O)O)n[nH]c1=O. The summed E-state index contributed by atoms with van der Waals surface area (Å²) in [4.78, 5) is 34.6. The molecule has 0 aromatic carbocycles. The van der Waals surface area contributed by atoms with Gasteiger partial charge >= 0.3 is 17.7 Å². The smallest absolute Gasteiger partial charge is 0.344 e. The number of nitrogens with one attached hydrogen (secondary N) is 2. The molecule has 0 atom stereocenters. The number of H-pyrrole nitrogens is 1. The molecule has 106 valence electrons. The maximum Gasteiger partial charge on any atom is 0.344 e. The van der Waals surface area contributed by atoms with Crippen LogP contribution in [0.5, 0.6) is 0 Å². The first-order valence-electron chi connectivity index (χ1n) is 5.36. The number of carbonyl (C=O) groups excluding carboxylic acids is 1. The van der Waals surface area contributed by atoms with Crippen molar-refractivity contribution in [3.8, 4) is 0 Å². The Kier molecular flexibility index (Phi) is 5.42. The van der Waals surface area contributed by atoms with Crippen LogP contribution in [0.2, 0.25) is 0 Å². The first kappa shape index (κ1) is 15.1. The van der Waals surface area contributed by atoms with Crippen molar-refractivity contribution in [1.29, 1.82) is 0 Å². The van der Waals surface area contributed by atoms with Crippen LogP contribution in [0.3, 0.4) is 0 Å². The number of thioether (sulfide) groups is 1. The molecule has 0 aliphatic heterocycles. The zero-order valence-electron chi connectivity index (χ0n) is 10.5. The van der Waals surface area contributed by atoms with Crippen LogP contribution < -0.4 is 11.0 Å². The Hall–Kier alpha value is -1.97. The molecule has 1 rings (SSSR count). The Morgan fingerprint density at radius 3 is 2.79 bits per heavy atom. The number of aromatic nitrogens is 3. The van der Waals surface area contributed by atoms with Gasteiger partial charge in [0.2, 0.25) is 0 Å². The summed E-state index contributed by atoms with van der Waals surface area (Å²) >= 11 is 0.939. The number of amides is 2. The minimum atomic E-state index is -0.993. The molecule has 9 nitrogen and oxygen atoms in total. The van der Waals surface area contributed by atoms with Gasteiger partial charge in [-0.1, -0.05) is 11.8 Å². The van der Waals surface area contributed by atoms with Gasteiger partial charge in [0, 0.05) is 27.2 Å². The number of rotatable bonds is 6. The molecule has 0 fully saturated rings. The Morgan fingerprint density at radius 2 is 2.21 bits per heavy atom. The molecule has 0 aliphatic rings. The summed E-state index contributed by atoms with van der Waals surface area (Å²) in [6.07, 6.45) is 0. The fraction of sp³-hybridized carbons (Fsp3) is 0.556. The highest BCUT2D eigenvalue weighted by molar-refractivity contribution is 7.99. The van der Waals surface area contributed by atoms with Crippen LogP contribution in [0, 0.1) is 0 Å². The molecule has 1 heterocycles. The number of carboxylic acids is 1. The highest BCUT2D eigenvalue weighted by Crippen LogP contribution is 2.11. The Labute approximate surface area is 113 Å². The van der Waals surface area contributed by atoms with E-state index in [2.05, 4.69) is 15.5 Å². The molecule has 0 bridgehead atoms. The summed E-state index contributed by atoms with van der Waals surface area (Å²) in [5, 5.41) is 17.4. The number of carboxylic acid groups (broad SMARTS) is 1. The van der Waals surface area contributed by atoms with Crippen LogP contribution in [0.4, 0.5) is 4.79 Å². The van der Waals surface area contributed by atoms with E-state index in [1.54, 1.807) is 14.1 Å². The topological polar surface area (TPSA) is 120 Å². The van der Waals surface area contributed by atoms with Crippen molar-refractivity contribution in [2.75, 3.05) is 26.4 Å². The van der Waals surface area contributed by atoms with E-state index in [-0.39, 0.29) is 30.0 Å². The Balaban J connectivity index is 2.57. The van der Waals surface area contributed by atoms with Gasteiger partial charge in [-0.05, 0) is 0 Å². The van der Waals surface area contributed by atoms with Crippen molar-refractivity contribution >= 4 is 23.8 Å². The summed E-state index contributed by atoms with van der Waals surface area (Å²) in [6, 6.07) is -0.267. The van der Waals surface area contributed by atoms with Crippen molar-refractivity contribution in [1.82, 2.24) is 25.0 Å². The summed E-state index contributed by atoms with van der Waals surface area (Å²) < 4.78 is 1.28. The number of aliphatic carboxylic acids is 1. The average molecular weight is 289 g/mol. The number of aromatic amines is 1. The normalized spacial score (nSPS) is 10.2. The number of hydrogen-bond donors (Lipinski definition) is 3. The summed E-state index contributed by atoms with van der Waals surface area (Å²) in [7, 11) is 3.21. The zero-order valence-corrected chi connectivity index (χ0v) is 11.4. The van der Waals surface area contributed by atoms with Crippen LogP contribution >= 0.6 is 11.8 Å². The fourth-order valence-electron chi connectivity index (χ4n) is 1.17. The van der Waals surface area contributed by atoms with Crippen molar-refractivity contribution in [2.45, 2.75) is 11.7 Å². The van der Waals surface area contributed by atoms with Gasteiger partial charge in [0.15, 0.2) is 5.16 Å². The predicted octanol–water partition coefficient (Wildman–Crippen LogP) is -0.981. The molecule has 19 heavy (non-hydrogen) atoms. The number of nitrogens with zero attached hydrogens (tertiary/aromatic N) is 3. The number of hydrogen-bond acceptors (Lipinski definition) is 5. The van der Waals surface area contributed by atoms with Gasteiger partial charge in [-0.2, -0.15) is 0 Å². The highest BCUT2D eigenvalue weighted by atomic mass is 32.2. The largest absolute Gasteiger partial charge is 0.481 e. The van der Waals surface area contributed by atoms with Crippen LogP contribution in [-0.2, 0) is 11.3 Å². The molecule has 2 amide bonds. The molecular formula is C9H15N5O4S. The lowest BCUT2D eigenvalue weighted by atomic mass is 10.6. The molecular weight excluding hydrogens is 274 g/mol. The molecule has 0 spiro atoms. The van der Waals surface area contributed by atoms with Crippen molar-refractivity contribution in [2.24, 2.45) is 0 Å². The van der Waals surface area contributed by atoms with E-state index in [9.17, 15) is 14.4 Å². The molecule has 0 saturated carbocycles. The third-order valence-electron chi connectivity index (χ3n) is 2.07. The van der Waals surface area contributed by atoms with E-state index in [4.69, 9.17) is 5.11 Å². The summed E-state index contributed by atoms with van der Waals surface area (Å²) in [6.45, 7) is 0.466. The first-order chi connectivity index (χ1) is 8.91. The van der Waals surface area contributed by atoms with Crippen LogP contribution in [0.25, 0.3) is 0 Å². The van der Waals surface area contributed by atoms with Gasteiger partial charge in [0.1, 0.15) is 0 Å². The third kappa shape index (κ3) is 4.66. The molecule has 0 unspecified atom stereocenters. The maximum absolute atomic E-state index is 11.5. The molecule has 10 heteroatoms. The number of carbonyl (C=O) groups is 2. The molecule has 0 radical (unpaired) electrons. The van der Waals surface area contributed by atoms with Gasteiger partial charge in [0.25, 0.3) is 0 Å². The lowest BCUT2D eigenvalue weighted by molar-refractivity contribution is -0.133. The molecule has 1 aromatic heterocycles. The standard InChI is InChI=1S/C9H15N5O4S/c1-13(2)7(17)10-3-4-14-8(18)11-12-9(14)19-5-6(15)16/h3-5H2,1-2H3,(H,10,17)(H,11,18)(H,15,16). The van der Waals surface area contributed by atoms with E-state index in [0.717, 1.165) is 11.8 Å².